The van der Waals surface area contributed by atoms with E-state index < -0.39 is 17.5 Å². The molecule has 32 heavy (non-hydrogen) atoms. The van der Waals surface area contributed by atoms with Gasteiger partial charge in [0.05, 0.1) is 19.3 Å². The van der Waals surface area contributed by atoms with Crippen LogP contribution >= 0.6 is 0 Å². The van der Waals surface area contributed by atoms with Crippen molar-refractivity contribution in [2.45, 2.75) is 45.6 Å². The number of methoxy groups -OCH3 is 1. The lowest BCUT2D eigenvalue weighted by Gasteiger charge is -2.33. The third kappa shape index (κ3) is 4.28. The Morgan fingerprint density at radius 3 is 2.50 bits per heavy atom. The summed E-state index contributed by atoms with van der Waals surface area (Å²) in [7, 11) is 1.63. The number of hydrogen-bond donors (Lipinski definition) is 0. The van der Waals surface area contributed by atoms with Gasteiger partial charge in [0.2, 0.25) is 0 Å². The molecule has 0 saturated heterocycles. The van der Waals surface area contributed by atoms with Crippen LogP contribution in [-0.2, 0) is 16.0 Å². The summed E-state index contributed by atoms with van der Waals surface area (Å²) in [4.78, 5) is 23.0. The summed E-state index contributed by atoms with van der Waals surface area (Å²) >= 11 is 0. The zero-order valence-corrected chi connectivity index (χ0v) is 18.8. The first-order valence-electron chi connectivity index (χ1n) is 10.4. The van der Waals surface area contributed by atoms with Gasteiger partial charge in [-0.2, -0.15) is 0 Å². The number of hydrogen-bond acceptors (Lipinski definition) is 7. The van der Waals surface area contributed by atoms with Gasteiger partial charge in [0.1, 0.15) is 34.3 Å². The molecule has 0 spiro atoms. The molecular formula is C25H26O7. The molecule has 0 N–H and O–H groups in total. The minimum absolute atomic E-state index is 0.0971. The van der Waals surface area contributed by atoms with Crippen molar-refractivity contribution in [1.29, 1.82) is 0 Å². The van der Waals surface area contributed by atoms with E-state index in [0.717, 1.165) is 22.4 Å². The largest absolute Gasteiger partial charge is 0.496 e. The van der Waals surface area contributed by atoms with E-state index in [4.69, 9.17) is 23.7 Å². The van der Waals surface area contributed by atoms with Crippen LogP contribution in [0.15, 0.2) is 30.3 Å². The van der Waals surface area contributed by atoms with Crippen LogP contribution in [0, 0.1) is 0 Å². The van der Waals surface area contributed by atoms with Gasteiger partial charge >= 0.3 is 11.9 Å². The highest BCUT2D eigenvalue weighted by Crippen LogP contribution is 2.48. The SMILES string of the molecule is COc1c2c(cc3c1CC(c1ccc(OC(C)=O)cc1OC(C)=O)CO3)OC(C)(C)C=C2. The number of rotatable bonds is 4. The van der Waals surface area contributed by atoms with Gasteiger partial charge in [-0.05, 0) is 38.5 Å². The smallest absolute Gasteiger partial charge is 0.308 e. The lowest BCUT2D eigenvalue weighted by atomic mass is 9.87. The summed E-state index contributed by atoms with van der Waals surface area (Å²) in [6.45, 7) is 7.02. The Morgan fingerprint density at radius 2 is 1.81 bits per heavy atom. The van der Waals surface area contributed by atoms with E-state index in [9.17, 15) is 9.59 Å². The molecule has 0 fully saturated rings. The molecule has 0 radical (unpaired) electrons. The molecule has 2 aliphatic rings. The van der Waals surface area contributed by atoms with Crippen molar-refractivity contribution in [2.75, 3.05) is 13.7 Å². The predicted octanol–water partition coefficient (Wildman–Crippen LogP) is 4.45. The summed E-state index contributed by atoms with van der Waals surface area (Å²) in [5.41, 5.74) is 2.18. The van der Waals surface area contributed by atoms with E-state index in [0.29, 0.717) is 36.0 Å². The maximum absolute atomic E-state index is 11.7. The van der Waals surface area contributed by atoms with E-state index in [-0.39, 0.29) is 5.92 Å². The molecule has 0 amide bonds. The van der Waals surface area contributed by atoms with Gasteiger partial charge in [-0.1, -0.05) is 6.07 Å². The van der Waals surface area contributed by atoms with Crippen molar-refractivity contribution in [3.8, 4) is 28.7 Å². The zero-order chi connectivity index (χ0) is 23.0. The summed E-state index contributed by atoms with van der Waals surface area (Å²) in [6.07, 6.45) is 4.63. The minimum Gasteiger partial charge on any atom is -0.496 e. The fourth-order valence-electron chi connectivity index (χ4n) is 4.09. The van der Waals surface area contributed by atoms with E-state index in [2.05, 4.69) is 0 Å². The van der Waals surface area contributed by atoms with E-state index >= 15 is 0 Å². The van der Waals surface area contributed by atoms with Gasteiger partial charge in [-0.15, -0.1) is 0 Å². The molecule has 1 atom stereocenters. The average Bonchev–Trinajstić information content (AvgIpc) is 2.70. The fourth-order valence-corrected chi connectivity index (χ4v) is 4.09. The van der Waals surface area contributed by atoms with E-state index in [1.807, 2.05) is 32.1 Å². The number of benzene rings is 2. The maximum Gasteiger partial charge on any atom is 0.308 e. The Balaban J connectivity index is 1.72. The normalized spacial score (nSPS) is 17.8. The number of ether oxygens (including phenoxy) is 5. The van der Waals surface area contributed by atoms with Crippen molar-refractivity contribution in [2.24, 2.45) is 0 Å². The average molecular weight is 438 g/mol. The second-order valence-electron chi connectivity index (χ2n) is 8.44. The first kappa shape index (κ1) is 21.7. The van der Waals surface area contributed by atoms with Crippen molar-refractivity contribution >= 4 is 18.0 Å². The van der Waals surface area contributed by atoms with Crippen LogP contribution in [0.3, 0.4) is 0 Å². The highest BCUT2D eigenvalue weighted by molar-refractivity contribution is 5.73. The standard InChI is InChI=1S/C25H26O7/c1-14(26)30-17-6-7-18(22(11-17)31-15(2)27)16-10-20-21(29-13-16)12-23-19(24(20)28-5)8-9-25(3,4)32-23/h6-9,11-12,16H,10,13H2,1-5H3. The molecule has 1 unspecified atom stereocenters. The van der Waals surface area contributed by atoms with Crippen LogP contribution < -0.4 is 23.7 Å². The molecule has 2 heterocycles. The molecule has 7 heteroatoms. The van der Waals surface area contributed by atoms with Crippen LogP contribution in [0.25, 0.3) is 6.08 Å². The summed E-state index contributed by atoms with van der Waals surface area (Å²) in [5.74, 6) is 1.79. The maximum atomic E-state index is 11.7. The lowest BCUT2D eigenvalue weighted by molar-refractivity contribution is -0.132. The number of esters is 2. The summed E-state index contributed by atoms with van der Waals surface area (Å²) < 4.78 is 28.6. The van der Waals surface area contributed by atoms with Gasteiger partial charge < -0.3 is 23.7 Å². The first-order chi connectivity index (χ1) is 15.2. The Kier molecular flexibility index (Phi) is 5.59. The molecule has 0 saturated carbocycles. The van der Waals surface area contributed by atoms with Gasteiger partial charge in [-0.3, -0.25) is 9.59 Å². The van der Waals surface area contributed by atoms with Gasteiger partial charge in [0.15, 0.2) is 0 Å². The summed E-state index contributed by atoms with van der Waals surface area (Å²) in [5, 5.41) is 0. The Morgan fingerprint density at radius 1 is 1.06 bits per heavy atom. The molecule has 4 rings (SSSR count). The number of carbonyl (C=O) groups is 2. The molecular weight excluding hydrogens is 412 g/mol. The Bertz CT molecular complexity index is 1110. The van der Waals surface area contributed by atoms with E-state index in [1.165, 1.54) is 13.8 Å². The molecule has 168 valence electrons. The van der Waals surface area contributed by atoms with Crippen LogP contribution in [0.2, 0.25) is 0 Å². The molecule has 2 aromatic carbocycles. The highest BCUT2D eigenvalue weighted by atomic mass is 16.5. The second kappa shape index (κ2) is 8.22. The van der Waals surface area contributed by atoms with E-state index in [1.54, 1.807) is 25.3 Å². The van der Waals surface area contributed by atoms with Crippen molar-refractivity contribution in [1.82, 2.24) is 0 Å². The lowest BCUT2D eigenvalue weighted by Crippen LogP contribution is -2.28. The molecule has 2 aromatic rings. The highest BCUT2D eigenvalue weighted by Gasteiger charge is 2.32. The third-order valence-corrected chi connectivity index (χ3v) is 5.40. The first-order valence-corrected chi connectivity index (χ1v) is 10.4. The van der Waals surface area contributed by atoms with Gasteiger partial charge in [0, 0.05) is 43.0 Å². The van der Waals surface area contributed by atoms with Crippen molar-refractivity contribution in [3.05, 3.63) is 47.0 Å². The van der Waals surface area contributed by atoms with Gasteiger partial charge in [-0.25, -0.2) is 0 Å². The number of carbonyl (C=O) groups excluding carboxylic acids is 2. The Labute approximate surface area is 186 Å². The molecule has 7 nitrogen and oxygen atoms in total. The number of fused-ring (bicyclic) bond motifs is 2. The van der Waals surface area contributed by atoms with Crippen molar-refractivity contribution < 1.29 is 33.3 Å². The zero-order valence-electron chi connectivity index (χ0n) is 18.8. The molecule has 0 aromatic heterocycles. The third-order valence-electron chi connectivity index (χ3n) is 5.40. The monoisotopic (exact) mass is 438 g/mol. The summed E-state index contributed by atoms with van der Waals surface area (Å²) in [6, 6.07) is 6.94. The van der Waals surface area contributed by atoms with Crippen molar-refractivity contribution in [3.63, 3.8) is 0 Å². The minimum atomic E-state index is -0.458. The predicted molar refractivity (Wildman–Crippen MR) is 118 cm³/mol. The topological polar surface area (TPSA) is 80.3 Å². The quantitative estimate of drug-likeness (QED) is 0.515. The fraction of sp³-hybridized carbons (Fsp3) is 0.360. The van der Waals surface area contributed by atoms with Crippen LogP contribution in [0.5, 0.6) is 28.7 Å². The second-order valence-corrected chi connectivity index (χ2v) is 8.44. The molecule has 0 aliphatic carbocycles. The van der Waals surface area contributed by atoms with Crippen LogP contribution in [0.1, 0.15) is 50.3 Å². The van der Waals surface area contributed by atoms with Crippen LogP contribution in [0.4, 0.5) is 0 Å². The Hall–Kier alpha value is -3.48. The van der Waals surface area contributed by atoms with Crippen LogP contribution in [-0.4, -0.2) is 31.3 Å². The van der Waals surface area contributed by atoms with Gasteiger partial charge in [0.25, 0.3) is 0 Å². The molecule has 2 aliphatic heterocycles. The molecule has 0 bridgehead atoms.